The third kappa shape index (κ3) is 4.01. The number of ether oxygens (including phenoxy) is 1. The van der Waals surface area contributed by atoms with Gasteiger partial charge in [0.2, 0.25) is 5.71 Å². The SMILES string of the molecule is O=c1nc2oc(CCCCc3ccccc3)cc2cn1[C@H]1C[C@H](O)[C@@H](CO)O1. The van der Waals surface area contributed by atoms with Crippen molar-refractivity contribution in [1.82, 2.24) is 9.55 Å². The molecule has 3 atom stereocenters. The van der Waals surface area contributed by atoms with Crippen molar-refractivity contribution in [3.63, 3.8) is 0 Å². The van der Waals surface area contributed by atoms with Crippen LogP contribution in [0.25, 0.3) is 11.1 Å². The predicted molar refractivity (Wildman–Crippen MR) is 103 cm³/mol. The van der Waals surface area contributed by atoms with Crippen LogP contribution in [0.5, 0.6) is 0 Å². The molecule has 0 bridgehead atoms. The number of hydrogen-bond donors (Lipinski definition) is 2. The van der Waals surface area contributed by atoms with Crippen molar-refractivity contribution >= 4 is 11.1 Å². The van der Waals surface area contributed by atoms with E-state index in [9.17, 15) is 15.0 Å². The molecule has 1 aliphatic heterocycles. The van der Waals surface area contributed by atoms with E-state index in [1.165, 1.54) is 10.1 Å². The first-order chi connectivity index (χ1) is 13.6. The molecule has 2 aromatic heterocycles. The van der Waals surface area contributed by atoms with Crippen LogP contribution in [0.2, 0.25) is 0 Å². The summed E-state index contributed by atoms with van der Waals surface area (Å²) in [5.41, 5.74) is 1.15. The fourth-order valence-electron chi connectivity index (χ4n) is 3.63. The van der Waals surface area contributed by atoms with Gasteiger partial charge < -0.3 is 19.4 Å². The first kappa shape index (κ1) is 18.9. The molecule has 0 radical (unpaired) electrons. The van der Waals surface area contributed by atoms with Gasteiger partial charge in [-0.15, -0.1) is 0 Å². The van der Waals surface area contributed by atoms with Crippen LogP contribution in [0.3, 0.4) is 0 Å². The molecular weight excluding hydrogens is 360 g/mol. The van der Waals surface area contributed by atoms with Gasteiger partial charge in [-0.2, -0.15) is 4.98 Å². The average molecular weight is 384 g/mol. The Morgan fingerprint density at radius 1 is 1.18 bits per heavy atom. The Morgan fingerprint density at radius 2 is 1.96 bits per heavy atom. The van der Waals surface area contributed by atoms with Gasteiger partial charge in [0.25, 0.3) is 0 Å². The largest absolute Gasteiger partial charge is 0.443 e. The van der Waals surface area contributed by atoms with Gasteiger partial charge in [0.05, 0.1) is 18.1 Å². The molecule has 3 heterocycles. The summed E-state index contributed by atoms with van der Waals surface area (Å²) in [5, 5.41) is 19.8. The number of unbranched alkanes of at least 4 members (excludes halogenated alkanes) is 1. The van der Waals surface area contributed by atoms with E-state index in [-0.39, 0.29) is 13.0 Å². The van der Waals surface area contributed by atoms with Crippen LogP contribution in [-0.2, 0) is 17.6 Å². The van der Waals surface area contributed by atoms with Crippen LogP contribution < -0.4 is 5.69 Å². The molecule has 4 rings (SSSR count). The fraction of sp³-hybridized carbons (Fsp3) is 0.429. The molecule has 148 valence electrons. The summed E-state index contributed by atoms with van der Waals surface area (Å²) in [6, 6.07) is 12.3. The Labute approximate surface area is 162 Å². The highest BCUT2D eigenvalue weighted by Gasteiger charge is 2.35. The summed E-state index contributed by atoms with van der Waals surface area (Å²) in [7, 11) is 0. The molecule has 1 aromatic carbocycles. The minimum absolute atomic E-state index is 0.239. The number of aliphatic hydroxyl groups excluding tert-OH is 2. The summed E-state index contributed by atoms with van der Waals surface area (Å²) in [4.78, 5) is 16.3. The lowest BCUT2D eigenvalue weighted by Crippen LogP contribution is -2.27. The number of fused-ring (bicyclic) bond motifs is 1. The van der Waals surface area contributed by atoms with E-state index in [1.807, 2.05) is 24.3 Å². The highest BCUT2D eigenvalue weighted by molar-refractivity contribution is 5.72. The average Bonchev–Trinajstić information content (AvgIpc) is 3.27. The Morgan fingerprint density at radius 3 is 2.71 bits per heavy atom. The lowest BCUT2D eigenvalue weighted by molar-refractivity contribution is -0.0457. The van der Waals surface area contributed by atoms with E-state index in [0.717, 1.165) is 36.8 Å². The number of furan rings is 1. The van der Waals surface area contributed by atoms with Crippen LogP contribution in [-0.4, -0.2) is 38.6 Å². The zero-order valence-electron chi connectivity index (χ0n) is 15.5. The fourth-order valence-corrected chi connectivity index (χ4v) is 3.63. The Bertz CT molecular complexity index is 981. The van der Waals surface area contributed by atoms with Gasteiger partial charge in [0, 0.05) is 19.0 Å². The number of nitrogens with zero attached hydrogens (tertiary/aromatic N) is 2. The Balaban J connectivity index is 1.42. The molecule has 0 amide bonds. The van der Waals surface area contributed by atoms with Gasteiger partial charge in [0.15, 0.2) is 0 Å². The number of aromatic nitrogens is 2. The van der Waals surface area contributed by atoms with Crippen molar-refractivity contribution < 1.29 is 19.4 Å². The summed E-state index contributed by atoms with van der Waals surface area (Å²) in [5.74, 6) is 0.799. The molecule has 2 N–H and O–H groups in total. The van der Waals surface area contributed by atoms with Crippen molar-refractivity contribution in [1.29, 1.82) is 0 Å². The van der Waals surface area contributed by atoms with Crippen LogP contribution in [0.4, 0.5) is 0 Å². The van der Waals surface area contributed by atoms with E-state index < -0.39 is 24.1 Å². The molecule has 0 aliphatic carbocycles. The molecule has 1 aliphatic rings. The van der Waals surface area contributed by atoms with Crippen molar-refractivity contribution in [3.05, 3.63) is 64.4 Å². The maximum Gasteiger partial charge on any atom is 0.353 e. The molecule has 7 nitrogen and oxygen atoms in total. The van der Waals surface area contributed by atoms with E-state index in [0.29, 0.717) is 5.71 Å². The van der Waals surface area contributed by atoms with Crippen molar-refractivity contribution in [2.45, 2.75) is 50.5 Å². The first-order valence-electron chi connectivity index (χ1n) is 9.64. The summed E-state index contributed by atoms with van der Waals surface area (Å²) in [6.45, 7) is -0.291. The quantitative estimate of drug-likeness (QED) is 0.606. The summed E-state index contributed by atoms with van der Waals surface area (Å²) in [6.07, 6.45) is 3.61. The van der Waals surface area contributed by atoms with E-state index in [4.69, 9.17) is 9.15 Å². The minimum Gasteiger partial charge on any atom is -0.443 e. The standard InChI is InChI=1S/C21H24N2O5/c24-13-18-17(25)11-19(28-18)23-12-15-10-16(27-20(15)22-21(23)26)9-5-4-8-14-6-2-1-3-7-14/h1-3,6-7,10,12,17-19,24-25H,4-5,8-9,11,13H2/t17-,18+,19+/m0/s1. The predicted octanol–water partition coefficient (Wildman–Crippen LogP) is 2.20. The summed E-state index contributed by atoms with van der Waals surface area (Å²) >= 11 is 0. The van der Waals surface area contributed by atoms with Crippen molar-refractivity contribution in [2.24, 2.45) is 0 Å². The van der Waals surface area contributed by atoms with E-state index in [1.54, 1.807) is 6.20 Å². The second kappa shape index (κ2) is 8.26. The summed E-state index contributed by atoms with van der Waals surface area (Å²) < 4.78 is 12.6. The number of aryl methyl sites for hydroxylation is 2. The van der Waals surface area contributed by atoms with Crippen LogP contribution in [0.1, 0.15) is 36.8 Å². The zero-order chi connectivity index (χ0) is 19.5. The van der Waals surface area contributed by atoms with Crippen molar-refractivity contribution in [3.8, 4) is 0 Å². The maximum absolute atomic E-state index is 12.3. The molecule has 28 heavy (non-hydrogen) atoms. The lowest BCUT2D eigenvalue weighted by Gasteiger charge is -2.13. The van der Waals surface area contributed by atoms with Crippen molar-refractivity contribution in [2.75, 3.05) is 6.61 Å². The number of rotatable bonds is 7. The smallest absolute Gasteiger partial charge is 0.353 e. The van der Waals surface area contributed by atoms with Gasteiger partial charge in [-0.05, 0) is 30.9 Å². The Kier molecular flexibility index (Phi) is 5.57. The molecule has 1 saturated heterocycles. The second-order valence-electron chi connectivity index (χ2n) is 7.21. The molecule has 3 aromatic rings. The van der Waals surface area contributed by atoms with E-state index >= 15 is 0 Å². The monoisotopic (exact) mass is 384 g/mol. The lowest BCUT2D eigenvalue weighted by atomic mass is 10.1. The van der Waals surface area contributed by atoms with Gasteiger partial charge >= 0.3 is 5.69 Å². The van der Waals surface area contributed by atoms with Gasteiger partial charge in [0.1, 0.15) is 18.1 Å². The van der Waals surface area contributed by atoms with Gasteiger partial charge in [-0.25, -0.2) is 4.79 Å². The van der Waals surface area contributed by atoms with Crippen LogP contribution in [0, 0.1) is 0 Å². The molecule has 0 spiro atoms. The normalized spacial score (nSPS) is 22.1. The molecule has 0 saturated carbocycles. The van der Waals surface area contributed by atoms with Crippen LogP contribution >= 0.6 is 0 Å². The molecule has 7 heteroatoms. The van der Waals surface area contributed by atoms with Gasteiger partial charge in [-0.3, -0.25) is 4.57 Å². The number of benzene rings is 1. The number of aliphatic hydroxyl groups is 2. The first-order valence-corrected chi connectivity index (χ1v) is 9.64. The van der Waals surface area contributed by atoms with E-state index in [2.05, 4.69) is 17.1 Å². The number of hydrogen-bond acceptors (Lipinski definition) is 6. The van der Waals surface area contributed by atoms with Crippen LogP contribution in [0.15, 0.2) is 51.8 Å². The second-order valence-corrected chi connectivity index (χ2v) is 7.21. The maximum atomic E-state index is 12.3. The molecule has 1 fully saturated rings. The highest BCUT2D eigenvalue weighted by atomic mass is 16.5. The highest BCUT2D eigenvalue weighted by Crippen LogP contribution is 2.28. The third-order valence-electron chi connectivity index (χ3n) is 5.16. The minimum atomic E-state index is -0.804. The van der Waals surface area contributed by atoms with Gasteiger partial charge in [-0.1, -0.05) is 30.3 Å². The zero-order valence-corrected chi connectivity index (χ0v) is 15.5. The topological polar surface area (TPSA) is 97.7 Å². The molecular formula is C21H24N2O5. The Hall–Kier alpha value is -2.48. The molecule has 0 unspecified atom stereocenters. The third-order valence-corrected chi connectivity index (χ3v) is 5.16.